The maximum absolute atomic E-state index is 13.3. The minimum Gasteiger partial charge on any atom is -0.497 e. The molecule has 28 heavy (non-hydrogen) atoms. The fourth-order valence-corrected chi connectivity index (χ4v) is 4.00. The SMILES string of the molecule is COc1ccc2nc(N(Cc3ccccn3)C(=O)c3ccccc3Cl)sc2c1. The maximum Gasteiger partial charge on any atom is 0.261 e. The lowest BCUT2D eigenvalue weighted by Gasteiger charge is -2.20. The van der Waals surface area contributed by atoms with Crippen molar-refractivity contribution in [2.45, 2.75) is 6.54 Å². The Labute approximate surface area is 171 Å². The molecule has 0 bridgehead atoms. The second kappa shape index (κ2) is 7.96. The summed E-state index contributed by atoms with van der Waals surface area (Å²) in [7, 11) is 1.62. The van der Waals surface area contributed by atoms with Crippen LogP contribution < -0.4 is 9.64 Å². The zero-order chi connectivity index (χ0) is 19.5. The molecule has 2 heterocycles. The number of anilines is 1. The first-order valence-corrected chi connectivity index (χ1v) is 9.76. The van der Waals surface area contributed by atoms with Gasteiger partial charge in [0.2, 0.25) is 0 Å². The first kappa shape index (κ1) is 18.4. The molecule has 0 saturated carbocycles. The lowest BCUT2D eigenvalue weighted by Crippen LogP contribution is -2.30. The van der Waals surface area contributed by atoms with Crippen LogP contribution in [0.4, 0.5) is 5.13 Å². The highest BCUT2D eigenvalue weighted by atomic mass is 35.5. The number of hydrogen-bond acceptors (Lipinski definition) is 5. The number of methoxy groups -OCH3 is 1. The van der Waals surface area contributed by atoms with Gasteiger partial charge in [-0.05, 0) is 42.5 Å². The summed E-state index contributed by atoms with van der Waals surface area (Å²) in [4.78, 5) is 23.9. The minimum atomic E-state index is -0.220. The summed E-state index contributed by atoms with van der Waals surface area (Å²) >= 11 is 7.70. The zero-order valence-electron chi connectivity index (χ0n) is 15.0. The molecular weight excluding hydrogens is 394 g/mol. The number of rotatable bonds is 5. The fraction of sp³-hybridized carbons (Fsp3) is 0.0952. The highest BCUT2D eigenvalue weighted by Gasteiger charge is 2.24. The van der Waals surface area contributed by atoms with Crippen molar-refractivity contribution in [3.05, 3.63) is 83.1 Å². The lowest BCUT2D eigenvalue weighted by atomic mass is 10.2. The largest absolute Gasteiger partial charge is 0.497 e. The van der Waals surface area contributed by atoms with Gasteiger partial charge in [0, 0.05) is 6.20 Å². The van der Waals surface area contributed by atoms with Crippen LogP contribution in [0.15, 0.2) is 66.9 Å². The van der Waals surface area contributed by atoms with Crippen molar-refractivity contribution >= 4 is 44.2 Å². The van der Waals surface area contributed by atoms with Gasteiger partial charge in [-0.15, -0.1) is 0 Å². The van der Waals surface area contributed by atoms with E-state index in [0.717, 1.165) is 21.7 Å². The van der Waals surface area contributed by atoms with Crippen molar-refractivity contribution in [2.75, 3.05) is 12.0 Å². The first-order chi connectivity index (χ1) is 13.7. The number of carbonyl (C=O) groups is 1. The van der Waals surface area contributed by atoms with Crippen LogP contribution in [0.25, 0.3) is 10.2 Å². The van der Waals surface area contributed by atoms with E-state index in [1.54, 1.807) is 42.5 Å². The van der Waals surface area contributed by atoms with Crippen molar-refractivity contribution in [3.8, 4) is 5.75 Å². The van der Waals surface area contributed by atoms with Gasteiger partial charge >= 0.3 is 0 Å². The van der Waals surface area contributed by atoms with Crippen molar-refractivity contribution in [1.82, 2.24) is 9.97 Å². The molecular formula is C21H16ClN3O2S. The molecule has 0 unspecified atom stereocenters. The molecule has 0 radical (unpaired) electrons. The standard InChI is InChI=1S/C21H16ClN3O2S/c1-27-15-9-10-18-19(12-15)28-21(24-18)25(13-14-6-4-5-11-23-14)20(26)16-7-2-3-8-17(16)22/h2-12H,13H2,1H3. The van der Waals surface area contributed by atoms with Gasteiger partial charge in [0.05, 0.1) is 40.2 Å². The van der Waals surface area contributed by atoms with Crippen LogP contribution in [0.2, 0.25) is 5.02 Å². The lowest BCUT2D eigenvalue weighted by molar-refractivity contribution is 0.0985. The molecule has 0 aliphatic heterocycles. The fourth-order valence-electron chi connectivity index (χ4n) is 2.80. The van der Waals surface area contributed by atoms with Crippen LogP contribution in [-0.4, -0.2) is 23.0 Å². The number of ether oxygens (including phenoxy) is 1. The van der Waals surface area contributed by atoms with Crippen LogP contribution in [0.5, 0.6) is 5.75 Å². The Bertz CT molecular complexity index is 1130. The number of benzene rings is 2. The summed E-state index contributed by atoms with van der Waals surface area (Å²) in [6.45, 7) is 0.294. The van der Waals surface area contributed by atoms with Gasteiger partial charge < -0.3 is 4.74 Å². The van der Waals surface area contributed by atoms with Gasteiger partial charge in [-0.1, -0.05) is 41.1 Å². The Morgan fingerprint density at radius 2 is 1.96 bits per heavy atom. The van der Waals surface area contributed by atoms with Gasteiger partial charge in [-0.2, -0.15) is 0 Å². The van der Waals surface area contributed by atoms with Crippen LogP contribution in [0.3, 0.4) is 0 Å². The van der Waals surface area contributed by atoms with Crippen molar-refractivity contribution in [2.24, 2.45) is 0 Å². The average Bonchev–Trinajstić information content (AvgIpc) is 3.15. The molecule has 7 heteroatoms. The molecule has 0 N–H and O–H groups in total. The normalized spacial score (nSPS) is 10.8. The summed E-state index contributed by atoms with van der Waals surface area (Å²) in [5.74, 6) is 0.527. The van der Waals surface area contributed by atoms with E-state index < -0.39 is 0 Å². The molecule has 1 amide bonds. The average molecular weight is 410 g/mol. The van der Waals surface area contributed by atoms with E-state index in [4.69, 9.17) is 16.3 Å². The molecule has 4 aromatic rings. The molecule has 140 valence electrons. The predicted molar refractivity (Wildman–Crippen MR) is 112 cm³/mol. The quantitative estimate of drug-likeness (QED) is 0.454. The molecule has 0 aliphatic carbocycles. The number of pyridine rings is 1. The number of carbonyl (C=O) groups excluding carboxylic acids is 1. The van der Waals surface area contributed by atoms with E-state index >= 15 is 0 Å². The van der Waals surface area contributed by atoms with Crippen molar-refractivity contribution in [1.29, 1.82) is 0 Å². The van der Waals surface area contributed by atoms with Gasteiger partial charge in [0.25, 0.3) is 5.91 Å². The Morgan fingerprint density at radius 3 is 2.71 bits per heavy atom. The van der Waals surface area contributed by atoms with E-state index in [1.807, 2.05) is 36.4 Å². The summed E-state index contributed by atoms with van der Waals surface area (Å²) < 4.78 is 6.23. The highest BCUT2D eigenvalue weighted by molar-refractivity contribution is 7.22. The van der Waals surface area contributed by atoms with Crippen molar-refractivity contribution < 1.29 is 9.53 Å². The summed E-state index contributed by atoms with van der Waals surface area (Å²) in [6, 6.07) is 18.3. The summed E-state index contributed by atoms with van der Waals surface area (Å²) in [5.41, 5.74) is 2.00. The number of thiazole rings is 1. The van der Waals surface area contributed by atoms with Gasteiger partial charge in [-0.25, -0.2) is 4.98 Å². The molecule has 2 aromatic heterocycles. The first-order valence-electron chi connectivity index (χ1n) is 8.56. The molecule has 5 nitrogen and oxygen atoms in total. The van der Waals surface area contributed by atoms with Crippen LogP contribution in [-0.2, 0) is 6.54 Å². The molecule has 0 atom stereocenters. The number of nitrogens with zero attached hydrogens (tertiary/aromatic N) is 3. The Kier molecular flexibility index (Phi) is 5.23. The molecule has 4 rings (SSSR count). The topological polar surface area (TPSA) is 55.3 Å². The van der Waals surface area contributed by atoms with Gasteiger partial charge in [0.1, 0.15) is 5.75 Å². The van der Waals surface area contributed by atoms with Gasteiger partial charge in [-0.3, -0.25) is 14.7 Å². The third kappa shape index (κ3) is 3.69. The predicted octanol–water partition coefficient (Wildman–Crippen LogP) is 5.20. The smallest absolute Gasteiger partial charge is 0.261 e. The van der Waals surface area contributed by atoms with E-state index in [0.29, 0.717) is 22.3 Å². The van der Waals surface area contributed by atoms with E-state index in [-0.39, 0.29) is 5.91 Å². The number of amides is 1. The zero-order valence-corrected chi connectivity index (χ0v) is 16.6. The molecule has 0 saturated heterocycles. The molecule has 0 fully saturated rings. The van der Waals surface area contributed by atoms with E-state index in [1.165, 1.54) is 11.3 Å². The third-order valence-electron chi connectivity index (χ3n) is 4.21. The van der Waals surface area contributed by atoms with Crippen LogP contribution >= 0.6 is 22.9 Å². The number of aromatic nitrogens is 2. The Morgan fingerprint density at radius 1 is 1.14 bits per heavy atom. The maximum atomic E-state index is 13.3. The molecule has 0 aliphatic rings. The minimum absolute atomic E-state index is 0.220. The third-order valence-corrected chi connectivity index (χ3v) is 5.58. The summed E-state index contributed by atoms with van der Waals surface area (Å²) in [6.07, 6.45) is 1.71. The van der Waals surface area contributed by atoms with Crippen LogP contribution in [0.1, 0.15) is 16.1 Å². The van der Waals surface area contributed by atoms with E-state index in [2.05, 4.69) is 9.97 Å². The number of halogens is 1. The summed E-state index contributed by atoms with van der Waals surface area (Å²) in [5, 5.41) is 0.986. The number of hydrogen-bond donors (Lipinski definition) is 0. The van der Waals surface area contributed by atoms with E-state index in [9.17, 15) is 4.79 Å². The van der Waals surface area contributed by atoms with Gasteiger partial charge in [0.15, 0.2) is 5.13 Å². The molecule has 2 aromatic carbocycles. The highest BCUT2D eigenvalue weighted by Crippen LogP contribution is 2.33. The Hall–Kier alpha value is -2.96. The monoisotopic (exact) mass is 409 g/mol. The van der Waals surface area contributed by atoms with Crippen LogP contribution in [0, 0.1) is 0 Å². The Balaban J connectivity index is 1.78. The molecule has 0 spiro atoms. The van der Waals surface area contributed by atoms with Crippen molar-refractivity contribution in [3.63, 3.8) is 0 Å². The second-order valence-corrected chi connectivity index (χ2v) is 7.44. The number of fused-ring (bicyclic) bond motifs is 1. The second-order valence-electron chi connectivity index (χ2n) is 6.02.